The molecule has 0 saturated heterocycles. The number of nitrogens with zero attached hydrogens (tertiary/aromatic N) is 3. The minimum Gasteiger partial charge on any atom is -0.542 e. The number of quaternary nitrogens is 1. The van der Waals surface area contributed by atoms with Gasteiger partial charge in [0.15, 0.2) is 5.16 Å². The van der Waals surface area contributed by atoms with E-state index >= 15 is 4.39 Å². The summed E-state index contributed by atoms with van der Waals surface area (Å²) in [4.78, 5) is 24.8. The molecule has 0 radical (unpaired) electrons. The summed E-state index contributed by atoms with van der Waals surface area (Å²) in [5.74, 6) is -5.16. The lowest BCUT2D eigenvalue weighted by Gasteiger charge is -2.28. The normalized spacial score (nSPS) is 12.8. The summed E-state index contributed by atoms with van der Waals surface area (Å²) in [7, 11) is 3.14. The van der Waals surface area contributed by atoms with Crippen LogP contribution in [-0.2, 0) is 30.8 Å². The molecule has 0 aliphatic rings. The van der Waals surface area contributed by atoms with Crippen LogP contribution >= 0.6 is 35.0 Å². The third-order valence-corrected chi connectivity index (χ3v) is 11.6. The van der Waals surface area contributed by atoms with Crippen molar-refractivity contribution in [3.63, 3.8) is 0 Å². The maximum absolute atomic E-state index is 15.6. The zero-order chi connectivity index (χ0) is 43.1. The number of methoxy groups -OCH3 is 1. The Kier molecular flexibility index (Phi) is 16.0. The number of carboxylic acid groups (broad SMARTS) is 2. The molecular formula is C37H41Cl2F5N4O7S2. The highest BCUT2D eigenvalue weighted by Crippen LogP contribution is 2.40. The highest BCUT2D eigenvalue weighted by Gasteiger charge is 2.32. The average molecular weight is 884 g/mol. The molecule has 1 aromatic heterocycles. The van der Waals surface area contributed by atoms with E-state index in [2.05, 4.69) is 9.71 Å². The van der Waals surface area contributed by atoms with E-state index in [9.17, 15) is 35.9 Å². The van der Waals surface area contributed by atoms with Crippen LogP contribution in [0.5, 0.6) is 5.75 Å². The van der Waals surface area contributed by atoms with Gasteiger partial charge in [0.25, 0.3) is 0 Å². The SMILES string of the molecule is COc1cc(C(C)(C)c2cnc(SCc3c(F)cc(S(=O)(=O)N[C@H](CCCC[N+](C)(C)C)C(=O)O)cc3Cl)n2-c2ccc(F)cc2)ccc1Cl.O=C([O-])C(F)(F)F. The molecule has 11 nitrogen and oxygen atoms in total. The van der Waals surface area contributed by atoms with Gasteiger partial charge in [0.1, 0.15) is 29.4 Å². The van der Waals surface area contributed by atoms with Gasteiger partial charge in [0.2, 0.25) is 10.0 Å². The van der Waals surface area contributed by atoms with E-state index in [1.165, 1.54) is 19.2 Å². The second-order valence-electron chi connectivity index (χ2n) is 14.2. The number of aliphatic carboxylic acids is 2. The maximum Gasteiger partial charge on any atom is 0.430 e. The van der Waals surface area contributed by atoms with Crippen molar-refractivity contribution in [3.8, 4) is 11.4 Å². The van der Waals surface area contributed by atoms with Gasteiger partial charge < -0.3 is 24.2 Å². The first kappa shape index (κ1) is 47.4. The topological polar surface area (TPSA) is 151 Å². The third-order valence-electron chi connectivity index (χ3n) is 8.50. The van der Waals surface area contributed by atoms with Gasteiger partial charge in [-0.1, -0.05) is 54.9 Å². The predicted octanol–water partition coefficient (Wildman–Crippen LogP) is 6.99. The van der Waals surface area contributed by atoms with E-state index < -0.39 is 56.1 Å². The first-order chi connectivity index (χ1) is 26.3. The summed E-state index contributed by atoms with van der Waals surface area (Å²) in [5, 5.41) is 19.2. The number of unbranched alkanes of at least 4 members (excludes halogenated alkanes) is 1. The van der Waals surface area contributed by atoms with Crippen LogP contribution in [0.2, 0.25) is 10.0 Å². The molecule has 0 saturated carbocycles. The third kappa shape index (κ3) is 13.0. The summed E-state index contributed by atoms with van der Waals surface area (Å²) < 4.78 is 97.6. The molecule has 4 aromatic rings. The van der Waals surface area contributed by atoms with Crippen molar-refractivity contribution in [1.82, 2.24) is 14.3 Å². The Hall–Kier alpha value is -3.94. The molecule has 0 amide bonds. The highest BCUT2D eigenvalue weighted by atomic mass is 35.5. The van der Waals surface area contributed by atoms with Gasteiger partial charge in [0.05, 0.1) is 56.6 Å². The molecule has 4 rings (SSSR count). The van der Waals surface area contributed by atoms with Gasteiger partial charge in [0, 0.05) is 27.4 Å². The van der Waals surface area contributed by atoms with E-state index in [-0.39, 0.29) is 22.8 Å². The number of sulfonamides is 1. The molecular weight excluding hydrogens is 842 g/mol. The Morgan fingerprint density at radius 1 is 1.02 bits per heavy atom. The van der Waals surface area contributed by atoms with Crippen molar-refractivity contribution in [2.45, 2.75) is 66.5 Å². The number of rotatable bonds is 16. The Balaban J connectivity index is 0.00000113. The summed E-state index contributed by atoms with van der Waals surface area (Å²) in [6.07, 6.45) is -2.24. The summed E-state index contributed by atoms with van der Waals surface area (Å²) in [6.45, 7) is 4.77. The Morgan fingerprint density at radius 3 is 2.16 bits per heavy atom. The summed E-state index contributed by atoms with van der Waals surface area (Å²) in [5.41, 5.74) is 1.58. The van der Waals surface area contributed by atoms with Gasteiger partial charge in [-0.3, -0.25) is 9.36 Å². The highest BCUT2D eigenvalue weighted by molar-refractivity contribution is 7.98. The molecule has 0 unspecified atom stereocenters. The van der Waals surface area contributed by atoms with Crippen molar-refractivity contribution in [1.29, 1.82) is 0 Å². The number of benzene rings is 3. The fourth-order valence-corrected chi connectivity index (χ4v) is 8.25. The number of hydrogen-bond acceptors (Lipinski definition) is 8. The minimum atomic E-state index is -5.19. The molecule has 0 aliphatic carbocycles. The summed E-state index contributed by atoms with van der Waals surface area (Å²) in [6, 6.07) is 11.9. The van der Waals surface area contributed by atoms with Crippen LogP contribution in [0.4, 0.5) is 22.0 Å². The van der Waals surface area contributed by atoms with E-state index in [0.29, 0.717) is 38.9 Å². The van der Waals surface area contributed by atoms with Gasteiger partial charge in [-0.15, -0.1) is 0 Å². The molecule has 0 aliphatic heterocycles. The Labute approximate surface area is 341 Å². The lowest BCUT2D eigenvalue weighted by Crippen LogP contribution is -2.41. The first-order valence-corrected chi connectivity index (χ1v) is 20.1. The second-order valence-corrected chi connectivity index (χ2v) is 17.6. The number of thioether (sulfide) groups is 1. The molecule has 20 heteroatoms. The van der Waals surface area contributed by atoms with Crippen LogP contribution in [0.3, 0.4) is 0 Å². The number of aromatic nitrogens is 2. The molecule has 0 fully saturated rings. The molecule has 1 heterocycles. The Bertz CT molecular complexity index is 2140. The van der Waals surface area contributed by atoms with Gasteiger partial charge in [-0.25, -0.2) is 22.2 Å². The molecule has 57 heavy (non-hydrogen) atoms. The Morgan fingerprint density at radius 2 is 1.63 bits per heavy atom. The van der Waals surface area contributed by atoms with Crippen LogP contribution in [0.1, 0.15) is 49.9 Å². The monoisotopic (exact) mass is 882 g/mol. The molecule has 312 valence electrons. The first-order valence-electron chi connectivity index (χ1n) is 16.9. The molecule has 0 bridgehead atoms. The largest absolute Gasteiger partial charge is 0.542 e. The van der Waals surface area contributed by atoms with Crippen molar-refractivity contribution in [2.24, 2.45) is 0 Å². The van der Waals surface area contributed by atoms with E-state index in [0.717, 1.165) is 41.7 Å². The van der Waals surface area contributed by atoms with Crippen molar-refractivity contribution >= 4 is 56.9 Å². The number of imidazole rings is 1. The number of carboxylic acids is 2. The number of ether oxygens (including phenoxy) is 1. The van der Waals surface area contributed by atoms with Crippen LogP contribution < -0.4 is 14.6 Å². The van der Waals surface area contributed by atoms with Crippen LogP contribution in [0, 0.1) is 11.6 Å². The maximum atomic E-state index is 15.6. The number of alkyl halides is 3. The van der Waals surface area contributed by atoms with E-state index in [4.69, 9.17) is 37.8 Å². The van der Waals surface area contributed by atoms with Crippen LogP contribution in [0.25, 0.3) is 5.69 Å². The standard InChI is InChI=1S/C35H40Cl2F2N4O5S2.C2HF3O2/c1-35(2,22-10-15-27(36)31(17-22)48-6)32-20-40-34(42(32)24-13-11-23(38)12-14-24)49-21-26-28(37)18-25(19-29(26)39)50(46,47)41-30(33(44)45)9-7-8-16-43(3,4)5;3-2(4,5)1(6)7/h10-15,17-20,30,41H,7-9,16,21H2,1-6H3;(H,6,7)/t30-;/m1./s1. The van der Waals surface area contributed by atoms with Crippen molar-refractivity contribution in [2.75, 3.05) is 34.8 Å². The summed E-state index contributed by atoms with van der Waals surface area (Å²) >= 11 is 13.9. The number of halogens is 7. The lowest BCUT2D eigenvalue weighted by molar-refractivity contribution is -0.870. The molecule has 3 aromatic carbocycles. The van der Waals surface area contributed by atoms with Crippen molar-refractivity contribution < 1.29 is 59.4 Å². The fraction of sp³-hybridized carbons (Fsp3) is 0.378. The molecule has 0 spiro atoms. The number of carbonyl (C=O) groups is 2. The second kappa shape index (κ2) is 19.2. The predicted molar refractivity (Wildman–Crippen MR) is 204 cm³/mol. The zero-order valence-corrected chi connectivity index (χ0v) is 34.7. The van der Waals surface area contributed by atoms with Crippen molar-refractivity contribution in [3.05, 3.63) is 99.3 Å². The molecule has 2 N–H and O–H groups in total. The van der Waals surface area contributed by atoms with Crippen LogP contribution in [0.15, 0.2) is 70.8 Å². The number of hydrogen-bond donors (Lipinski definition) is 2. The number of nitrogens with one attached hydrogen (secondary N) is 1. The van der Waals surface area contributed by atoms with Gasteiger partial charge >= 0.3 is 12.1 Å². The van der Waals surface area contributed by atoms with E-state index in [1.807, 2.05) is 51.7 Å². The quantitative estimate of drug-likeness (QED) is 0.0526. The van der Waals surface area contributed by atoms with Crippen LogP contribution in [-0.4, -0.2) is 86.5 Å². The average Bonchev–Trinajstić information content (AvgIpc) is 3.53. The minimum absolute atomic E-state index is 0.0302. The number of carbonyl (C=O) groups excluding carboxylic acids is 1. The smallest absolute Gasteiger partial charge is 0.430 e. The fourth-order valence-electron chi connectivity index (χ4n) is 5.35. The van der Waals surface area contributed by atoms with Gasteiger partial charge in [-0.2, -0.15) is 17.9 Å². The zero-order valence-electron chi connectivity index (χ0n) is 31.6. The lowest BCUT2D eigenvalue weighted by atomic mass is 9.81. The molecule has 1 atom stereocenters. The van der Waals surface area contributed by atoms with E-state index in [1.54, 1.807) is 24.4 Å². The van der Waals surface area contributed by atoms with Gasteiger partial charge in [-0.05, 0) is 73.4 Å².